The van der Waals surface area contributed by atoms with E-state index in [1.165, 1.54) is 12.1 Å². The zero-order valence-electron chi connectivity index (χ0n) is 13.1. The van der Waals surface area contributed by atoms with E-state index >= 15 is 0 Å². The standard InChI is InChI=1S/C18H14BrFO5/c19-14-4-3-12(20)9-13(14)18(22)25-10-15(21)11-2-5-16-17(8-11)24-7-1-6-23-16/h2-5,8-9H,1,6-7,10H2. The minimum Gasteiger partial charge on any atom is -0.490 e. The Balaban J connectivity index is 1.67. The molecule has 0 aliphatic carbocycles. The second-order valence-corrected chi connectivity index (χ2v) is 6.19. The molecule has 0 unspecified atom stereocenters. The summed E-state index contributed by atoms with van der Waals surface area (Å²) in [5, 5.41) is 0. The lowest BCUT2D eigenvalue weighted by molar-refractivity contribution is 0.0473. The first-order valence-corrected chi connectivity index (χ1v) is 8.39. The van der Waals surface area contributed by atoms with Gasteiger partial charge in [0.1, 0.15) is 5.82 Å². The van der Waals surface area contributed by atoms with Gasteiger partial charge in [0, 0.05) is 16.5 Å². The van der Waals surface area contributed by atoms with Crippen molar-refractivity contribution in [3.8, 4) is 11.5 Å². The third-order valence-electron chi connectivity index (χ3n) is 3.55. The highest BCUT2D eigenvalue weighted by Crippen LogP contribution is 2.30. The molecule has 0 aromatic heterocycles. The Bertz CT molecular complexity index is 821. The molecule has 0 radical (unpaired) electrons. The molecule has 1 heterocycles. The summed E-state index contributed by atoms with van der Waals surface area (Å²) in [7, 11) is 0. The summed E-state index contributed by atoms with van der Waals surface area (Å²) >= 11 is 3.15. The maximum Gasteiger partial charge on any atom is 0.339 e. The molecule has 0 amide bonds. The maximum atomic E-state index is 13.2. The number of benzene rings is 2. The molecular weight excluding hydrogens is 395 g/mol. The zero-order valence-corrected chi connectivity index (χ0v) is 14.7. The first-order chi connectivity index (χ1) is 12.0. The summed E-state index contributed by atoms with van der Waals surface area (Å²) in [6.07, 6.45) is 0.762. The van der Waals surface area contributed by atoms with E-state index in [0.717, 1.165) is 12.5 Å². The fourth-order valence-electron chi connectivity index (χ4n) is 2.28. The van der Waals surface area contributed by atoms with E-state index in [9.17, 15) is 14.0 Å². The Morgan fingerprint density at radius 1 is 1.08 bits per heavy atom. The highest BCUT2D eigenvalue weighted by atomic mass is 79.9. The van der Waals surface area contributed by atoms with E-state index in [1.54, 1.807) is 18.2 Å². The molecule has 25 heavy (non-hydrogen) atoms. The van der Waals surface area contributed by atoms with Gasteiger partial charge in [0.15, 0.2) is 23.9 Å². The van der Waals surface area contributed by atoms with Crippen molar-refractivity contribution in [3.63, 3.8) is 0 Å². The lowest BCUT2D eigenvalue weighted by Gasteiger charge is -2.09. The van der Waals surface area contributed by atoms with Crippen LogP contribution in [-0.2, 0) is 4.74 Å². The molecule has 7 heteroatoms. The summed E-state index contributed by atoms with van der Waals surface area (Å²) < 4.78 is 29.7. The predicted octanol–water partition coefficient (Wildman–Crippen LogP) is 3.79. The molecule has 0 bridgehead atoms. The minimum atomic E-state index is -0.783. The zero-order chi connectivity index (χ0) is 17.8. The van der Waals surface area contributed by atoms with Gasteiger partial charge in [-0.15, -0.1) is 0 Å². The molecule has 1 aliphatic heterocycles. The number of ketones is 1. The van der Waals surface area contributed by atoms with Gasteiger partial charge in [-0.25, -0.2) is 9.18 Å². The summed E-state index contributed by atoms with van der Waals surface area (Å²) in [5.41, 5.74) is 0.363. The molecule has 2 aromatic rings. The highest BCUT2D eigenvalue weighted by molar-refractivity contribution is 9.10. The summed E-state index contributed by atoms with van der Waals surface area (Å²) in [4.78, 5) is 24.3. The summed E-state index contributed by atoms with van der Waals surface area (Å²) in [6, 6.07) is 8.46. The molecule has 130 valence electrons. The molecule has 3 rings (SSSR count). The Labute approximate surface area is 151 Å². The highest BCUT2D eigenvalue weighted by Gasteiger charge is 2.17. The van der Waals surface area contributed by atoms with E-state index in [1.807, 2.05) is 0 Å². The smallest absolute Gasteiger partial charge is 0.339 e. The van der Waals surface area contributed by atoms with Crippen LogP contribution in [0, 0.1) is 5.82 Å². The average Bonchev–Trinajstić information content (AvgIpc) is 2.86. The first-order valence-electron chi connectivity index (χ1n) is 7.59. The van der Waals surface area contributed by atoms with Gasteiger partial charge >= 0.3 is 5.97 Å². The van der Waals surface area contributed by atoms with E-state index in [2.05, 4.69) is 15.9 Å². The molecule has 0 saturated carbocycles. The predicted molar refractivity (Wildman–Crippen MR) is 90.8 cm³/mol. The largest absolute Gasteiger partial charge is 0.490 e. The van der Waals surface area contributed by atoms with Crippen LogP contribution in [0.4, 0.5) is 4.39 Å². The maximum absolute atomic E-state index is 13.2. The number of Topliss-reactive ketones (excluding diaryl/α,β-unsaturated/α-hetero) is 1. The van der Waals surface area contributed by atoms with E-state index < -0.39 is 24.2 Å². The second-order valence-electron chi connectivity index (χ2n) is 5.34. The first kappa shape index (κ1) is 17.4. The molecule has 2 aromatic carbocycles. The number of hydrogen-bond donors (Lipinski definition) is 0. The van der Waals surface area contributed by atoms with Crippen LogP contribution in [0.1, 0.15) is 27.1 Å². The van der Waals surface area contributed by atoms with Gasteiger partial charge in [-0.1, -0.05) is 0 Å². The number of fused-ring (bicyclic) bond motifs is 1. The third kappa shape index (κ3) is 4.17. The lowest BCUT2D eigenvalue weighted by Crippen LogP contribution is -2.15. The van der Waals surface area contributed by atoms with Gasteiger partial charge in [-0.3, -0.25) is 4.79 Å². The SMILES string of the molecule is O=C(COC(=O)c1cc(F)ccc1Br)c1ccc2c(c1)OCCCO2. The number of carbonyl (C=O) groups excluding carboxylic acids is 2. The van der Waals surface area contributed by atoms with Crippen LogP contribution in [0.15, 0.2) is 40.9 Å². The van der Waals surface area contributed by atoms with Crippen molar-refractivity contribution < 1.29 is 28.2 Å². The van der Waals surface area contributed by atoms with Gasteiger partial charge in [0.2, 0.25) is 0 Å². The second kappa shape index (κ2) is 7.65. The van der Waals surface area contributed by atoms with Crippen LogP contribution in [-0.4, -0.2) is 31.6 Å². The molecule has 5 nitrogen and oxygen atoms in total. The van der Waals surface area contributed by atoms with E-state index in [4.69, 9.17) is 14.2 Å². The van der Waals surface area contributed by atoms with Crippen LogP contribution < -0.4 is 9.47 Å². The van der Waals surface area contributed by atoms with Crippen molar-refractivity contribution in [2.24, 2.45) is 0 Å². The molecule has 0 saturated heterocycles. The topological polar surface area (TPSA) is 61.8 Å². The molecule has 0 spiro atoms. The lowest BCUT2D eigenvalue weighted by atomic mass is 10.1. The number of rotatable bonds is 4. The van der Waals surface area contributed by atoms with Crippen LogP contribution in [0.5, 0.6) is 11.5 Å². The third-order valence-corrected chi connectivity index (χ3v) is 4.24. The Kier molecular flexibility index (Phi) is 5.33. The van der Waals surface area contributed by atoms with Crippen LogP contribution >= 0.6 is 15.9 Å². The van der Waals surface area contributed by atoms with Crippen LogP contribution in [0.2, 0.25) is 0 Å². The normalized spacial score (nSPS) is 13.0. The van der Waals surface area contributed by atoms with Crippen LogP contribution in [0.25, 0.3) is 0 Å². The Morgan fingerprint density at radius 3 is 2.64 bits per heavy atom. The molecule has 0 fully saturated rings. The van der Waals surface area contributed by atoms with Gasteiger partial charge in [-0.2, -0.15) is 0 Å². The fourth-order valence-corrected chi connectivity index (χ4v) is 2.69. The molecule has 1 aliphatic rings. The fraction of sp³-hybridized carbons (Fsp3) is 0.222. The van der Waals surface area contributed by atoms with Crippen molar-refractivity contribution in [1.29, 1.82) is 0 Å². The summed E-state index contributed by atoms with van der Waals surface area (Å²) in [5.74, 6) is -0.674. The molecule has 0 atom stereocenters. The Morgan fingerprint density at radius 2 is 1.84 bits per heavy atom. The van der Waals surface area contributed by atoms with Gasteiger partial charge in [0.05, 0.1) is 18.8 Å². The van der Waals surface area contributed by atoms with Crippen molar-refractivity contribution in [2.75, 3.05) is 19.8 Å². The Hall–Kier alpha value is -2.41. The van der Waals surface area contributed by atoms with Gasteiger partial charge in [-0.05, 0) is 52.3 Å². The number of hydrogen-bond acceptors (Lipinski definition) is 5. The van der Waals surface area contributed by atoms with Gasteiger partial charge in [0.25, 0.3) is 0 Å². The van der Waals surface area contributed by atoms with E-state index in [0.29, 0.717) is 34.7 Å². The summed E-state index contributed by atoms with van der Waals surface area (Å²) in [6.45, 7) is 0.606. The van der Waals surface area contributed by atoms with Crippen LogP contribution in [0.3, 0.4) is 0 Å². The number of carbonyl (C=O) groups is 2. The number of esters is 1. The minimum absolute atomic E-state index is 0.0199. The van der Waals surface area contributed by atoms with E-state index in [-0.39, 0.29) is 5.56 Å². The monoisotopic (exact) mass is 408 g/mol. The molecular formula is C18H14BrFO5. The van der Waals surface area contributed by atoms with Crippen molar-refractivity contribution in [3.05, 3.63) is 57.8 Å². The number of ether oxygens (including phenoxy) is 3. The van der Waals surface area contributed by atoms with Crippen molar-refractivity contribution in [2.45, 2.75) is 6.42 Å². The quantitative estimate of drug-likeness (QED) is 0.568. The molecule has 0 N–H and O–H groups in total. The van der Waals surface area contributed by atoms with Crippen molar-refractivity contribution in [1.82, 2.24) is 0 Å². The van der Waals surface area contributed by atoms with Gasteiger partial charge < -0.3 is 14.2 Å². The average molecular weight is 409 g/mol. The number of halogens is 2. The van der Waals surface area contributed by atoms with Crippen molar-refractivity contribution >= 4 is 27.7 Å².